The minimum Gasteiger partial charge on any atom is -0.398 e. The number of nitriles is 1. The number of rotatable bonds is 1. The van der Waals surface area contributed by atoms with Crippen molar-refractivity contribution >= 4 is 11.3 Å². The molecule has 0 aliphatic heterocycles. The predicted molar refractivity (Wildman–Crippen MR) is 57.4 cm³/mol. The molecule has 1 aliphatic carbocycles. The summed E-state index contributed by atoms with van der Waals surface area (Å²) in [4.78, 5) is 0. The van der Waals surface area contributed by atoms with E-state index >= 15 is 0 Å². The largest absolute Gasteiger partial charge is 0.398 e. The minimum absolute atomic E-state index is 0.565. The van der Waals surface area contributed by atoms with Crippen LogP contribution in [0, 0.1) is 11.3 Å². The summed E-state index contributed by atoms with van der Waals surface area (Å²) in [6.45, 7) is 0. The molecule has 1 aromatic carbocycles. The van der Waals surface area contributed by atoms with Gasteiger partial charge in [0.15, 0.2) is 0 Å². The van der Waals surface area contributed by atoms with Gasteiger partial charge in [0.05, 0.1) is 5.56 Å². The second kappa shape index (κ2) is 3.55. The van der Waals surface area contributed by atoms with Crippen molar-refractivity contribution < 1.29 is 0 Å². The van der Waals surface area contributed by atoms with Gasteiger partial charge in [-0.25, -0.2) is 0 Å². The molecule has 14 heavy (non-hydrogen) atoms. The third-order valence-electron chi connectivity index (χ3n) is 2.59. The molecule has 0 unspecified atom stereocenters. The molecule has 0 bridgehead atoms. The highest BCUT2D eigenvalue weighted by atomic mass is 14.6. The molecule has 70 valence electrons. The average molecular weight is 184 g/mol. The van der Waals surface area contributed by atoms with Crippen molar-refractivity contribution in [2.75, 3.05) is 5.73 Å². The van der Waals surface area contributed by atoms with Gasteiger partial charge in [0, 0.05) is 5.69 Å². The molecule has 0 spiro atoms. The van der Waals surface area contributed by atoms with E-state index in [1.807, 2.05) is 18.2 Å². The standard InChI is InChI=1S/C12H12N2/c13-8-11-7-10(5-6-12(11)14)9-3-1-2-4-9/h3,5-7H,1-2,4,14H2. The van der Waals surface area contributed by atoms with Crippen LogP contribution in [-0.4, -0.2) is 0 Å². The van der Waals surface area contributed by atoms with Crippen molar-refractivity contribution in [2.24, 2.45) is 0 Å². The summed E-state index contributed by atoms with van der Waals surface area (Å²) in [7, 11) is 0. The molecule has 0 saturated heterocycles. The van der Waals surface area contributed by atoms with Crippen LogP contribution >= 0.6 is 0 Å². The maximum atomic E-state index is 8.84. The molecule has 0 atom stereocenters. The van der Waals surface area contributed by atoms with Gasteiger partial charge in [-0.2, -0.15) is 5.26 Å². The quantitative estimate of drug-likeness (QED) is 0.682. The van der Waals surface area contributed by atoms with Crippen LogP contribution in [-0.2, 0) is 0 Å². The fraction of sp³-hybridized carbons (Fsp3) is 0.250. The summed E-state index contributed by atoms with van der Waals surface area (Å²) < 4.78 is 0. The summed E-state index contributed by atoms with van der Waals surface area (Å²) in [6.07, 6.45) is 5.74. The van der Waals surface area contributed by atoms with Crippen molar-refractivity contribution in [3.63, 3.8) is 0 Å². The second-order valence-corrected chi connectivity index (χ2v) is 3.54. The lowest BCUT2D eigenvalue weighted by Crippen LogP contribution is -1.91. The van der Waals surface area contributed by atoms with Crippen LogP contribution in [0.2, 0.25) is 0 Å². The van der Waals surface area contributed by atoms with Crippen molar-refractivity contribution in [3.8, 4) is 6.07 Å². The smallest absolute Gasteiger partial charge is 0.101 e. The first kappa shape index (κ1) is 8.83. The molecular weight excluding hydrogens is 172 g/mol. The summed E-state index contributed by atoms with van der Waals surface area (Å²) in [5.41, 5.74) is 9.30. The van der Waals surface area contributed by atoms with E-state index in [0.717, 1.165) is 18.4 Å². The molecule has 2 heteroatoms. The van der Waals surface area contributed by atoms with E-state index in [2.05, 4.69) is 12.1 Å². The first-order valence-electron chi connectivity index (χ1n) is 4.80. The molecule has 0 aromatic heterocycles. The van der Waals surface area contributed by atoms with Gasteiger partial charge in [0.2, 0.25) is 0 Å². The fourth-order valence-electron chi connectivity index (χ4n) is 1.79. The van der Waals surface area contributed by atoms with Crippen LogP contribution in [0.3, 0.4) is 0 Å². The number of hydrogen-bond donors (Lipinski definition) is 1. The molecule has 0 heterocycles. The highest BCUT2D eigenvalue weighted by molar-refractivity contribution is 5.71. The zero-order valence-corrected chi connectivity index (χ0v) is 7.96. The molecule has 0 saturated carbocycles. The first-order chi connectivity index (χ1) is 6.81. The number of nitrogens with two attached hydrogens (primary N) is 1. The molecule has 1 aromatic rings. The summed E-state index contributed by atoms with van der Waals surface area (Å²) in [6, 6.07) is 7.79. The van der Waals surface area contributed by atoms with Gasteiger partial charge in [0.1, 0.15) is 6.07 Å². The van der Waals surface area contributed by atoms with Gasteiger partial charge in [-0.15, -0.1) is 0 Å². The zero-order valence-electron chi connectivity index (χ0n) is 7.96. The Kier molecular flexibility index (Phi) is 2.24. The van der Waals surface area contributed by atoms with Gasteiger partial charge in [-0.1, -0.05) is 12.1 Å². The van der Waals surface area contributed by atoms with E-state index in [-0.39, 0.29) is 0 Å². The van der Waals surface area contributed by atoms with Gasteiger partial charge < -0.3 is 5.73 Å². The van der Waals surface area contributed by atoms with Crippen LogP contribution in [0.4, 0.5) is 5.69 Å². The van der Waals surface area contributed by atoms with Crippen LogP contribution in [0.1, 0.15) is 30.4 Å². The Balaban J connectivity index is 2.41. The zero-order chi connectivity index (χ0) is 9.97. The van der Waals surface area contributed by atoms with Gasteiger partial charge in [0.25, 0.3) is 0 Å². The lowest BCUT2D eigenvalue weighted by Gasteiger charge is -2.04. The van der Waals surface area contributed by atoms with E-state index in [4.69, 9.17) is 11.0 Å². The average Bonchev–Trinajstić information content (AvgIpc) is 2.71. The lowest BCUT2D eigenvalue weighted by molar-refractivity contribution is 0.935. The molecule has 0 fully saturated rings. The van der Waals surface area contributed by atoms with Gasteiger partial charge in [-0.3, -0.25) is 0 Å². The third-order valence-corrected chi connectivity index (χ3v) is 2.59. The van der Waals surface area contributed by atoms with E-state index < -0.39 is 0 Å². The number of nitrogens with zero attached hydrogens (tertiary/aromatic N) is 1. The summed E-state index contributed by atoms with van der Waals surface area (Å²) in [5, 5.41) is 8.84. The SMILES string of the molecule is N#Cc1cc(C2=CCCC2)ccc1N. The van der Waals surface area contributed by atoms with Gasteiger partial charge >= 0.3 is 0 Å². The van der Waals surface area contributed by atoms with Crippen LogP contribution in [0.25, 0.3) is 5.57 Å². The maximum Gasteiger partial charge on any atom is 0.101 e. The molecule has 2 nitrogen and oxygen atoms in total. The minimum atomic E-state index is 0.565. The topological polar surface area (TPSA) is 49.8 Å². The maximum absolute atomic E-state index is 8.84. The third kappa shape index (κ3) is 1.49. The van der Waals surface area contributed by atoms with Crippen LogP contribution in [0.15, 0.2) is 24.3 Å². The number of nitrogen functional groups attached to an aromatic ring is 1. The molecule has 2 N–H and O–H groups in total. The highest BCUT2D eigenvalue weighted by Crippen LogP contribution is 2.29. The number of hydrogen-bond acceptors (Lipinski definition) is 2. The lowest BCUT2D eigenvalue weighted by atomic mass is 10.0. The Hall–Kier alpha value is -1.75. The van der Waals surface area contributed by atoms with Crippen molar-refractivity contribution in [2.45, 2.75) is 19.3 Å². The van der Waals surface area contributed by atoms with Crippen molar-refractivity contribution in [1.29, 1.82) is 5.26 Å². The van der Waals surface area contributed by atoms with E-state index in [1.165, 1.54) is 12.0 Å². The molecule has 0 radical (unpaired) electrons. The monoisotopic (exact) mass is 184 g/mol. The molecule has 2 rings (SSSR count). The number of allylic oxidation sites excluding steroid dienone is 2. The Labute approximate surface area is 83.7 Å². The van der Waals surface area contributed by atoms with Crippen molar-refractivity contribution in [1.82, 2.24) is 0 Å². The predicted octanol–water partition coefficient (Wildman–Crippen LogP) is 2.71. The van der Waals surface area contributed by atoms with Gasteiger partial charge in [-0.05, 0) is 42.5 Å². The Morgan fingerprint density at radius 1 is 1.36 bits per heavy atom. The van der Waals surface area contributed by atoms with E-state index in [9.17, 15) is 0 Å². The number of benzene rings is 1. The van der Waals surface area contributed by atoms with E-state index in [0.29, 0.717) is 11.3 Å². The molecular formula is C12H12N2. The molecule has 0 amide bonds. The van der Waals surface area contributed by atoms with E-state index in [1.54, 1.807) is 0 Å². The Bertz CT molecular complexity index is 424. The van der Waals surface area contributed by atoms with Crippen LogP contribution in [0.5, 0.6) is 0 Å². The molecule has 1 aliphatic rings. The summed E-state index contributed by atoms with van der Waals surface area (Å²) >= 11 is 0. The Morgan fingerprint density at radius 3 is 2.86 bits per heavy atom. The summed E-state index contributed by atoms with van der Waals surface area (Å²) in [5.74, 6) is 0. The fourth-order valence-corrected chi connectivity index (χ4v) is 1.79. The number of anilines is 1. The second-order valence-electron chi connectivity index (χ2n) is 3.54. The van der Waals surface area contributed by atoms with Crippen molar-refractivity contribution in [3.05, 3.63) is 35.4 Å². The Morgan fingerprint density at radius 2 is 2.21 bits per heavy atom. The first-order valence-corrected chi connectivity index (χ1v) is 4.80. The highest BCUT2D eigenvalue weighted by Gasteiger charge is 2.08. The normalized spacial score (nSPS) is 14.9. The van der Waals surface area contributed by atoms with Crippen LogP contribution < -0.4 is 5.73 Å².